The summed E-state index contributed by atoms with van der Waals surface area (Å²) in [5.74, 6) is 0.461. The topological polar surface area (TPSA) is 32.5 Å². The van der Waals surface area contributed by atoms with E-state index < -0.39 is 0 Å². The Labute approximate surface area is 111 Å². The van der Waals surface area contributed by atoms with Crippen LogP contribution >= 0.6 is 0 Å². The van der Waals surface area contributed by atoms with Crippen molar-refractivity contribution in [2.45, 2.75) is 19.4 Å². The average Bonchev–Trinajstić information content (AvgIpc) is 2.41. The molecule has 18 heavy (non-hydrogen) atoms. The lowest BCUT2D eigenvalue weighted by atomic mass is 10.00. The molecule has 2 rings (SSSR count). The van der Waals surface area contributed by atoms with Crippen LogP contribution in [0, 0.1) is 0 Å². The third-order valence-corrected chi connectivity index (χ3v) is 3.90. The first-order chi connectivity index (χ1) is 8.69. The van der Waals surface area contributed by atoms with Crippen molar-refractivity contribution >= 4 is 0 Å². The normalized spacial score (nSPS) is 19.9. The van der Waals surface area contributed by atoms with E-state index in [0.29, 0.717) is 5.92 Å². The highest BCUT2D eigenvalue weighted by atomic mass is 15.2. The molecule has 1 fully saturated rings. The lowest BCUT2D eigenvalue weighted by molar-refractivity contribution is 0.148. The molecule has 0 spiro atoms. The Balaban J connectivity index is 1.90. The van der Waals surface area contributed by atoms with E-state index in [1.54, 1.807) is 0 Å². The van der Waals surface area contributed by atoms with E-state index in [0.717, 1.165) is 13.1 Å². The quantitative estimate of drug-likeness (QED) is 0.875. The molecule has 1 aromatic carbocycles. The van der Waals surface area contributed by atoms with Crippen LogP contribution in [0.4, 0.5) is 0 Å². The second-order valence-corrected chi connectivity index (χ2v) is 5.46. The molecule has 1 heterocycles. The third kappa shape index (κ3) is 3.55. The molecule has 2 N–H and O–H groups in total. The molecule has 0 amide bonds. The Morgan fingerprint density at radius 1 is 1.11 bits per heavy atom. The standard InChI is InChI=1S/C15H25N3/c1-13(11-16)15-5-3-14(4-6-15)12-18-9-7-17(2)8-10-18/h3-6,13H,7-12,16H2,1-2H3. The number of nitrogens with two attached hydrogens (primary N) is 1. The highest BCUT2D eigenvalue weighted by Crippen LogP contribution is 2.15. The van der Waals surface area contributed by atoms with Gasteiger partial charge in [0.1, 0.15) is 0 Å². The molecule has 0 bridgehead atoms. The fraction of sp³-hybridized carbons (Fsp3) is 0.600. The molecule has 1 atom stereocenters. The van der Waals surface area contributed by atoms with Crippen LogP contribution in [0.25, 0.3) is 0 Å². The van der Waals surface area contributed by atoms with Crippen molar-refractivity contribution in [3.8, 4) is 0 Å². The van der Waals surface area contributed by atoms with E-state index >= 15 is 0 Å². The van der Waals surface area contributed by atoms with E-state index in [1.807, 2.05) is 0 Å². The fourth-order valence-corrected chi connectivity index (χ4v) is 2.35. The molecule has 3 heteroatoms. The first-order valence-corrected chi connectivity index (χ1v) is 6.89. The van der Waals surface area contributed by atoms with Crippen molar-refractivity contribution in [3.63, 3.8) is 0 Å². The molecule has 100 valence electrons. The number of benzene rings is 1. The first-order valence-electron chi connectivity index (χ1n) is 6.89. The summed E-state index contributed by atoms with van der Waals surface area (Å²) in [5, 5.41) is 0. The van der Waals surface area contributed by atoms with Gasteiger partial charge in [-0.25, -0.2) is 0 Å². The molecule has 1 aromatic rings. The van der Waals surface area contributed by atoms with Gasteiger partial charge in [0.05, 0.1) is 0 Å². The monoisotopic (exact) mass is 247 g/mol. The molecule has 1 aliphatic rings. The molecule has 3 nitrogen and oxygen atoms in total. The number of nitrogens with zero attached hydrogens (tertiary/aromatic N) is 2. The smallest absolute Gasteiger partial charge is 0.0234 e. The van der Waals surface area contributed by atoms with Gasteiger partial charge in [0.25, 0.3) is 0 Å². The van der Waals surface area contributed by atoms with Crippen LogP contribution in [-0.2, 0) is 6.54 Å². The zero-order valence-electron chi connectivity index (χ0n) is 11.6. The van der Waals surface area contributed by atoms with Gasteiger partial charge >= 0.3 is 0 Å². The molecule has 1 saturated heterocycles. The largest absolute Gasteiger partial charge is 0.330 e. The number of hydrogen-bond acceptors (Lipinski definition) is 3. The summed E-state index contributed by atoms with van der Waals surface area (Å²) in [4.78, 5) is 4.92. The van der Waals surface area contributed by atoms with Crippen LogP contribution in [0.15, 0.2) is 24.3 Å². The summed E-state index contributed by atoms with van der Waals surface area (Å²) in [7, 11) is 2.19. The lowest BCUT2D eigenvalue weighted by Crippen LogP contribution is -2.43. The maximum absolute atomic E-state index is 5.69. The van der Waals surface area contributed by atoms with Gasteiger partial charge in [-0.15, -0.1) is 0 Å². The van der Waals surface area contributed by atoms with Crippen molar-refractivity contribution in [1.29, 1.82) is 0 Å². The van der Waals surface area contributed by atoms with E-state index in [2.05, 4.69) is 48.0 Å². The molecular formula is C15H25N3. The molecule has 0 aromatic heterocycles. The minimum Gasteiger partial charge on any atom is -0.330 e. The van der Waals surface area contributed by atoms with Crippen LogP contribution in [0.5, 0.6) is 0 Å². The van der Waals surface area contributed by atoms with Gasteiger partial charge in [0.2, 0.25) is 0 Å². The summed E-state index contributed by atoms with van der Waals surface area (Å²) in [6, 6.07) is 8.95. The Morgan fingerprint density at radius 3 is 2.28 bits per heavy atom. The van der Waals surface area contributed by atoms with Gasteiger partial charge in [-0.3, -0.25) is 4.90 Å². The third-order valence-electron chi connectivity index (χ3n) is 3.90. The highest BCUT2D eigenvalue weighted by Gasteiger charge is 2.13. The van der Waals surface area contributed by atoms with Crippen molar-refractivity contribution < 1.29 is 0 Å². The molecule has 1 aliphatic heterocycles. The molecule has 0 saturated carbocycles. The Hall–Kier alpha value is -0.900. The van der Waals surface area contributed by atoms with Crippen molar-refractivity contribution in [3.05, 3.63) is 35.4 Å². The highest BCUT2D eigenvalue weighted by molar-refractivity contribution is 5.25. The van der Waals surface area contributed by atoms with Crippen LogP contribution in [0.3, 0.4) is 0 Å². The van der Waals surface area contributed by atoms with E-state index in [-0.39, 0.29) is 0 Å². The summed E-state index contributed by atoms with van der Waals surface area (Å²) < 4.78 is 0. The zero-order valence-corrected chi connectivity index (χ0v) is 11.6. The predicted molar refractivity (Wildman–Crippen MR) is 76.7 cm³/mol. The van der Waals surface area contributed by atoms with E-state index in [4.69, 9.17) is 5.73 Å². The minimum atomic E-state index is 0.461. The summed E-state index contributed by atoms with van der Waals surface area (Å²) in [6.07, 6.45) is 0. The lowest BCUT2D eigenvalue weighted by Gasteiger charge is -2.32. The van der Waals surface area contributed by atoms with Gasteiger partial charge in [-0.2, -0.15) is 0 Å². The summed E-state index contributed by atoms with van der Waals surface area (Å²) in [6.45, 7) is 8.69. The van der Waals surface area contributed by atoms with E-state index in [9.17, 15) is 0 Å². The van der Waals surface area contributed by atoms with Crippen molar-refractivity contribution in [2.75, 3.05) is 39.8 Å². The number of piperazine rings is 1. The Morgan fingerprint density at radius 2 is 1.72 bits per heavy atom. The summed E-state index contributed by atoms with van der Waals surface area (Å²) >= 11 is 0. The molecular weight excluding hydrogens is 222 g/mol. The van der Waals surface area contributed by atoms with Crippen LogP contribution in [0.2, 0.25) is 0 Å². The van der Waals surface area contributed by atoms with Crippen LogP contribution in [0.1, 0.15) is 24.0 Å². The zero-order chi connectivity index (χ0) is 13.0. The Bertz CT molecular complexity index is 353. The number of likely N-dealkylation sites (N-methyl/N-ethyl adjacent to an activating group) is 1. The van der Waals surface area contributed by atoms with Gasteiger partial charge in [0.15, 0.2) is 0 Å². The van der Waals surface area contributed by atoms with Crippen LogP contribution < -0.4 is 5.73 Å². The fourth-order valence-electron chi connectivity index (χ4n) is 2.35. The maximum atomic E-state index is 5.69. The molecule has 1 unspecified atom stereocenters. The predicted octanol–water partition coefficient (Wildman–Crippen LogP) is 1.50. The maximum Gasteiger partial charge on any atom is 0.0234 e. The summed E-state index contributed by atoms with van der Waals surface area (Å²) in [5.41, 5.74) is 8.45. The number of rotatable bonds is 4. The van der Waals surface area contributed by atoms with Gasteiger partial charge in [-0.05, 0) is 30.6 Å². The van der Waals surface area contributed by atoms with E-state index in [1.165, 1.54) is 37.3 Å². The molecule has 0 radical (unpaired) electrons. The first kappa shape index (κ1) is 13.5. The van der Waals surface area contributed by atoms with Crippen molar-refractivity contribution in [2.24, 2.45) is 5.73 Å². The number of hydrogen-bond donors (Lipinski definition) is 1. The SMILES string of the molecule is CC(CN)c1ccc(CN2CCN(C)CC2)cc1. The van der Waals surface area contributed by atoms with Crippen molar-refractivity contribution in [1.82, 2.24) is 9.80 Å². The second-order valence-electron chi connectivity index (χ2n) is 5.46. The average molecular weight is 247 g/mol. The van der Waals surface area contributed by atoms with Gasteiger partial charge in [-0.1, -0.05) is 31.2 Å². The minimum absolute atomic E-state index is 0.461. The van der Waals surface area contributed by atoms with Gasteiger partial charge in [0, 0.05) is 32.7 Å². The Kier molecular flexibility index (Phi) is 4.75. The van der Waals surface area contributed by atoms with Gasteiger partial charge < -0.3 is 10.6 Å². The second kappa shape index (κ2) is 6.32. The van der Waals surface area contributed by atoms with Crippen LogP contribution in [-0.4, -0.2) is 49.6 Å². The molecule has 0 aliphatic carbocycles.